The summed E-state index contributed by atoms with van der Waals surface area (Å²) in [6, 6.07) is 0. The van der Waals surface area contributed by atoms with E-state index in [1.807, 2.05) is 0 Å². The molecule has 1 N–H and O–H groups in total. The fraction of sp³-hybridized carbons (Fsp3) is 0.944. The molecule has 4 heteroatoms. The van der Waals surface area contributed by atoms with Crippen LogP contribution in [-0.4, -0.2) is 34.5 Å². The first-order valence-electron chi connectivity index (χ1n) is 9.04. The summed E-state index contributed by atoms with van der Waals surface area (Å²) in [7, 11) is 0. The lowest BCUT2D eigenvalue weighted by molar-refractivity contribution is -0.309. The Hall–Kier alpha value is -0.610. The zero-order valence-corrected chi connectivity index (χ0v) is 13.9. The van der Waals surface area contributed by atoms with Crippen molar-refractivity contribution in [3.63, 3.8) is 0 Å². The third kappa shape index (κ3) is 1.58. The number of ether oxygens (including phenoxy) is 2. The zero-order chi connectivity index (χ0) is 15.7. The fourth-order valence-corrected chi connectivity index (χ4v) is 6.14. The molecule has 3 aliphatic heterocycles. The molecule has 1 spiro atoms. The summed E-state index contributed by atoms with van der Waals surface area (Å²) >= 11 is 0. The molecule has 8 atom stereocenters. The van der Waals surface area contributed by atoms with Crippen molar-refractivity contribution >= 4 is 5.97 Å². The van der Waals surface area contributed by atoms with Crippen molar-refractivity contribution in [2.45, 2.75) is 82.7 Å². The molecule has 124 valence electrons. The molecule has 5 aliphatic rings. The maximum atomic E-state index is 12.7. The number of carbonyl (C=O) groups excluding carboxylic acids is 1. The van der Waals surface area contributed by atoms with Crippen molar-refractivity contribution in [2.75, 3.05) is 0 Å². The second-order valence-electron chi connectivity index (χ2n) is 8.28. The van der Waals surface area contributed by atoms with Crippen LogP contribution in [0.25, 0.3) is 0 Å². The third-order valence-corrected chi connectivity index (χ3v) is 6.97. The van der Waals surface area contributed by atoms with Crippen LogP contribution >= 0.6 is 0 Å². The van der Waals surface area contributed by atoms with Crippen molar-refractivity contribution in [1.29, 1.82) is 0 Å². The first-order chi connectivity index (χ1) is 10.4. The Morgan fingerprint density at radius 1 is 1.41 bits per heavy atom. The van der Waals surface area contributed by atoms with Crippen LogP contribution in [-0.2, 0) is 14.3 Å². The second-order valence-corrected chi connectivity index (χ2v) is 8.28. The Morgan fingerprint density at radius 2 is 2.18 bits per heavy atom. The van der Waals surface area contributed by atoms with E-state index in [4.69, 9.17) is 9.47 Å². The van der Waals surface area contributed by atoms with Crippen molar-refractivity contribution in [3.8, 4) is 0 Å². The molecular weight excluding hydrogens is 280 g/mol. The van der Waals surface area contributed by atoms with E-state index < -0.39 is 17.3 Å². The van der Waals surface area contributed by atoms with E-state index in [-0.39, 0.29) is 29.8 Å². The van der Waals surface area contributed by atoms with Crippen LogP contribution in [0.15, 0.2) is 0 Å². The van der Waals surface area contributed by atoms with Gasteiger partial charge in [-0.05, 0) is 37.5 Å². The molecule has 3 heterocycles. The molecule has 8 unspecified atom stereocenters. The highest BCUT2D eigenvalue weighted by atomic mass is 16.6. The first-order valence-corrected chi connectivity index (χ1v) is 9.04. The monoisotopic (exact) mass is 308 g/mol. The Balaban J connectivity index is 1.70. The van der Waals surface area contributed by atoms with Crippen LogP contribution in [0, 0.1) is 23.7 Å². The third-order valence-electron chi connectivity index (χ3n) is 6.97. The maximum absolute atomic E-state index is 12.7. The number of fused-ring (bicyclic) bond motifs is 1. The molecule has 3 saturated heterocycles. The number of aliphatic hydroxyl groups is 1. The number of esters is 1. The summed E-state index contributed by atoms with van der Waals surface area (Å²) in [4.78, 5) is 12.7. The van der Waals surface area contributed by atoms with Crippen molar-refractivity contribution < 1.29 is 19.4 Å². The standard InChI is InChI=1S/C18H28O4/c1-4-5-10(2)8-13-16(20)22-18-9-11(3)15-14(19)12(18)6-7-17(13,18)21-15/h10-15,19H,4-9H2,1-3H3. The Kier molecular flexibility index (Phi) is 3.19. The molecule has 22 heavy (non-hydrogen) atoms. The highest BCUT2D eigenvalue weighted by Gasteiger charge is 2.80. The van der Waals surface area contributed by atoms with Gasteiger partial charge >= 0.3 is 5.97 Å². The Labute approximate surface area is 132 Å². The summed E-state index contributed by atoms with van der Waals surface area (Å²) < 4.78 is 12.5. The number of hydrogen-bond acceptors (Lipinski definition) is 4. The van der Waals surface area contributed by atoms with Gasteiger partial charge in [-0.25, -0.2) is 0 Å². The molecule has 2 saturated carbocycles. The summed E-state index contributed by atoms with van der Waals surface area (Å²) in [6.07, 6.45) is 5.21. The van der Waals surface area contributed by atoms with Gasteiger partial charge in [-0.15, -0.1) is 0 Å². The topological polar surface area (TPSA) is 55.8 Å². The average Bonchev–Trinajstić information content (AvgIpc) is 2.81. The zero-order valence-electron chi connectivity index (χ0n) is 13.9. The SMILES string of the molecule is CCCC(C)CC1C(=O)OC23CC(C)C4OC12CCC3C4O. The van der Waals surface area contributed by atoms with E-state index in [1.54, 1.807) is 0 Å². The van der Waals surface area contributed by atoms with Gasteiger partial charge in [0.2, 0.25) is 0 Å². The predicted octanol–water partition coefficient (Wildman–Crippen LogP) is 2.67. The van der Waals surface area contributed by atoms with Gasteiger partial charge in [-0.1, -0.05) is 33.6 Å². The molecule has 5 fully saturated rings. The Morgan fingerprint density at radius 3 is 2.91 bits per heavy atom. The van der Waals surface area contributed by atoms with Crippen LogP contribution < -0.4 is 0 Å². The van der Waals surface area contributed by atoms with Crippen LogP contribution in [0.4, 0.5) is 0 Å². The molecule has 2 aliphatic carbocycles. The molecular formula is C18H28O4. The van der Waals surface area contributed by atoms with E-state index in [0.29, 0.717) is 5.92 Å². The van der Waals surface area contributed by atoms with Gasteiger partial charge in [0.1, 0.15) is 11.2 Å². The lowest BCUT2D eigenvalue weighted by atomic mass is 9.60. The van der Waals surface area contributed by atoms with Gasteiger partial charge in [0.05, 0.1) is 18.1 Å². The first kappa shape index (κ1) is 14.9. The van der Waals surface area contributed by atoms with E-state index in [2.05, 4.69) is 20.8 Å². The van der Waals surface area contributed by atoms with Gasteiger partial charge in [0.25, 0.3) is 0 Å². The molecule has 0 radical (unpaired) electrons. The van der Waals surface area contributed by atoms with E-state index in [0.717, 1.165) is 38.5 Å². The second kappa shape index (κ2) is 4.70. The number of hydrogen-bond donors (Lipinski definition) is 1. The molecule has 4 nitrogen and oxygen atoms in total. The van der Waals surface area contributed by atoms with Crippen molar-refractivity contribution in [2.24, 2.45) is 23.7 Å². The van der Waals surface area contributed by atoms with Gasteiger partial charge in [0, 0.05) is 5.92 Å². The molecule has 0 aromatic carbocycles. The summed E-state index contributed by atoms with van der Waals surface area (Å²) in [6.45, 7) is 6.53. The highest BCUT2D eigenvalue weighted by molar-refractivity contribution is 5.79. The molecule has 5 rings (SSSR count). The van der Waals surface area contributed by atoms with Gasteiger partial charge in [-0.3, -0.25) is 4.79 Å². The quantitative estimate of drug-likeness (QED) is 0.811. The Bertz CT molecular complexity index is 491. The van der Waals surface area contributed by atoms with Crippen molar-refractivity contribution in [1.82, 2.24) is 0 Å². The van der Waals surface area contributed by atoms with Gasteiger partial charge in [0.15, 0.2) is 0 Å². The lowest BCUT2D eigenvalue weighted by Crippen LogP contribution is -2.71. The molecule has 0 aromatic heterocycles. The van der Waals surface area contributed by atoms with Crippen molar-refractivity contribution in [3.05, 3.63) is 0 Å². The van der Waals surface area contributed by atoms with Gasteiger partial charge in [-0.2, -0.15) is 0 Å². The number of aliphatic hydroxyl groups excluding tert-OH is 1. The summed E-state index contributed by atoms with van der Waals surface area (Å²) in [5.41, 5.74) is -0.999. The smallest absolute Gasteiger partial charge is 0.312 e. The van der Waals surface area contributed by atoms with E-state index >= 15 is 0 Å². The fourth-order valence-electron chi connectivity index (χ4n) is 6.14. The van der Waals surface area contributed by atoms with Crippen LogP contribution in [0.1, 0.15) is 59.3 Å². The summed E-state index contributed by atoms with van der Waals surface area (Å²) in [5, 5.41) is 10.6. The van der Waals surface area contributed by atoms with Crippen LogP contribution in [0.3, 0.4) is 0 Å². The maximum Gasteiger partial charge on any atom is 0.312 e. The minimum atomic E-state index is -0.547. The van der Waals surface area contributed by atoms with Gasteiger partial charge < -0.3 is 14.6 Å². The molecule has 0 aromatic rings. The normalized spacial score (nSPS) is 53.5. The minimum Gasteiger partial charge on any atom is -0.455 e. The number of rotatable bonds is 4. The van der Waals surface area contributed by atoms with Crippen LogP contribution in [0.5, 0.6) is 0 Å². The summed E-state index contributed by atoms with van der Waals surface area (Å²) in [5.74, 6) is 0.642. The minimum absolute atomic E-state index is 0.0744. The van der Waals surface area contributed by atoms with Crippen LogP contribution in [0.2, 0.25) is 0 Å². The predicted molar refractivity (Wildman–Crippen MR) is 81.1 cm³/mol. The van der Waals surface area contributed by atoms with E-state index in [9.17, 15) is 9.90 Å². The molecule has 4 bridgehead atoms. The lowest BCUT2D eigenvalue weighted by Gasteiger charge is -2.58. The highest BCUT2D eigenvalue weighted by Crippen LogP contribution is 2.68. The molecule has 0 amide bonds. The largest absolute Gasteiger partial charge is 0.455 e. The number of carbonyl (C=O) groups is 1. The average molecular weight is 308 g/mol. The van der Waals surface area contributed by atoms with E-state index in [1.165, 1.54) is 0 Å².